The van der Waals surface area contributed by atoms with Crippen LogP contribution in [0.2, 0.25) is 0 Å². The van der Waals surface area contributed by atoms with E-state index in [2.05, 4.69) is 5.32 Å². The Balaban J connectivity index is 1.74. The number of likely N-dealkylation sites (N-methyl/N-ethyl adjacent to an activating group) is 2. The molecule has 59 heavy (non-hydrogen) atoms. The molecule has 2 bridgehead atoms. The minimum Gasteiger partial charge on any atom is -0.497 e. The molecule has 0 aliphatic carbocycles. The smallest absolute Gasteiger partial charge is 0.329 e. The highest BCUT2D eigenvalue weighted by Crippen LogP contribution is 2.33. The van der Waals surface area contributed by atoms with Crippen LogP contribution in [-0.4, -0.2) is 132 Å². The van der Waals surface area contributed by atoms with Gasteiger partial charge >= 0.3 is 5.97 Å². The Morgan fingerprint density at radius 1 is 0.983 bits per heavy atom. The first-order valence-corrected chi connectivity index (χ1v) is 21.2. The summed E-state index contributed by atoms with van der Waals surface area (Å²) < 4.78 is 17.5. The molecule has 3 aliphatic rings. The van der Waals surface area contributed by atoms with Gasteiger partial charge in [-0.05, 0) is 80.6 Å². The van der Waals surface area contributed by atoms with Crippen LogP contribution in [0, 0.1) is 23.2 Å². The van der Waals surface area contributed by atoms with Gasteiger partial charge in [0.25, 0.3) is 0 Å². The van der Waals surface area contributed by atoms with Gasteiger partial charge in [0.15, 0.2) is 5.90 Å². The summed E-state index contributed by atoms with van der Waals surface area (Å²) >= 11 is 0. The molecule has 0 saturated carbocycles. The van der Waals surface area contributed by atoms with E-state index in [0.29, 0.717) is 55.9 Å². The molecule has 4 rings (SSSR count). The van der Waals surface area contributed by atoms with Crippen LogP contribution < -0.4 is 10.1 Å². The maximum atomic E-state index is 14.6. The summed E-state index contributed by atoms with van der Waals surface area (Å²) in [6, 6.07) is 2.89. The van der Waals surface area contributed by atoms with E-state index in [1.807, 2.05) is 60.6 Å². The lowest BCUT2D eigenvalue weighted by Gasteiger charge is -2.39. The van der Waals surface area contributed by atoms with Gasteiger partial charge in [-0.1, -0.05) is 67.0 Å². The lowest BCUT2D eigenvalue weighted by molar-refractivity contribution is -0.166. The van der Waals surface area contributed by atoms with Crippen molar-refractivity contribution in [3.63, 3.8) is 0 Å². The Kier molecular flexibility index (Phi) is 16.2. The quantitative estimate of drug-likeness (QED) is 0.405. The lowest BCUT2D eigenvalue weighted by atomic mass is 9.81. The molecule has 0 spiro atoms. The Bertz CT molecular complexity index is 1720. The monoisotopic (exact) mass is 824 g/mol. The number of fused-ring (bicyclic) bond motifs is 2. The van der Waals surface area contributed by atoms with E-state index in [9.17, 15) is 29.1 Å². The molecular weight excluding hydrogens is 755 g/mol. The van der Waals surface area contributed by atoms with E-state index in [0.717, 1.165) is 5.56 Å². The fraction of sp³-hybridized carbons (Fsp3) is 0.689. The number of rotatable bonds is 5. The van der Waals surface area contributed by atoms with Gasteiger partial charge in [0.2, 0.25) is 23.6 Å². The SMILES string of the molecule is CCC(C)[C@@H]1C(=O)N2CCC[C@H]2C(=O)O[C@@H](C(C)(C)C)C[C@@H](C)C[C@H](O)[C@H](C)C2=N[C@@H](/C=C(\C)C(=O)N[C@@H](Cc3ccc(OC)cc3)C(=O)N(C)[C@@H](C)C(=O)N1C)CO2. The zero-order valence-corrected chi connectivity index (χ0v) is 37.3. The first-order chi connectivity index (χ1) is 27.7. The van der Waals surface area contributed by atoms with Crippen molar-refractivity contribution >= 4 is 35.5 Å². The first kappa shape index (κ1) is 47.2. The molecule has 3 heterocycles. The first-order valence-electron chi connectivity index (χ1n) is 21.2. The molecule has 3 aliphatic heterocycles. The van der Waals surface area contributed by atoms with Gasteiger partial charge in [-0.25, -0.2) is 9.79 Å². The number of carbonyl (C=O) groups excluding carboxylic acids is 5. The number of methoxy groups -OCH3 is 1. The van der Waals surface area contributed by atoms with E-state index in [1.165, 1.54) is 16.8 Å². The Morgan fingerprint density at radius 2 is 1.64 bits per heavy atom. The Hall–Kier alpha value is -4.46. The number of hydrogen-bond acceptors (Lipinski definition) is 10. The Labute approximate surface area is 351 Å². The van der Waals surface area contributed by atoms with Crippen molar-refractivity contribution in [2.24, 2.45) is 28.2 Å². The van der Waals surface area contributed by atoms with Gasteiger partial charge in [0.05, 0.1) is 19.1 Å². The second-order valence-corrected chi connectivity index (χ2v) is 18.1. The maximum absolute atomic E-state index is 14.6. The van der Waals surface area contributed by atoms with Crippen molar-refractivity contribution in [2.45, 2.75) is 143 Å². The number of nitrogens with one attached hydrogen (secondary N) is 1. The van der Waals surface area contributed by atoms with Gasteiger partial charge in [-0.3, -0.25) is 19.2 Å². The molecule has 0 aromatic heterocycles. The predicted molar refractivity (Wildman–Crippen MR) is 225 cm³/mol. The second kappa shape index (κ2) is 20.2. The molecule has 2 N–H and O–H groups in total. The number of aliphatic hydroxyl groups is 1. The van der Waals surface area contributed by atoms with Crippen molar-refractivity contribution in [1.29, 1.82) is 0 Å². The minimum absolute atomic E-state index is 0.0490. The largest absolute Gasteiger partial charge is 0.497 e. The molecule has 328 valence electrons. The number of benzene rings is 1. The fourth-order valence-corrected chi connectivity index (χ4v) is 8.11. The molecule has 14 heteroatoms. The number of carbonyl (C=O) groups is 5. The number of ether oxygens (including phenoxy) is 3. The van der Waals surface area contributed by atoms with E-state index in [4.69, 9.17) is 19.2 Å². The maximum Gasteiger partial charge on any atom is 0.329 e. The molecular formula is C45H69N5O9. The predicted octanol–water partition coefficient (Wildman–Crippen LogP) is 4.56. The number of hydrogen-bond donors (Lipinski definition) is 2. The van der Waals surface area contributed by atoms with Crippen LogP contribution >= 0.6 is 0 Å². The molecule has 4 amide bonds. The topological polar surface area (TPSA) is 167 Å². The van der Waals surface area contributed by atoms with Crippen molar-refractivity contribution in [3.05, 3.63) is 41.5 Å². The van der Waals surface area contributed by atoms with Crippen molar-refractivity contribution in [1.82, 2.24) is 20.0 Å². The molecule has 1 unspecified atom stereocenters. The number of esters is 1. The van der Waals surface area contributed by atoms with Crippen LogP contribution in [0.15, 0.2) is 40.9 Å². The third-order valence-corrected chi connectivity index (χ3v) is 12.4. The third kappa shape index (κ3) is 11.6. The van der Waals surface area contributed by atoms with Crippen LogP contribution in [0.4, 0.5) is 0 Å². The van der Waals surface area contributed by atoms with Crippen LogP contribution in [0.1, 0.15) is 100.0 Å². The van der Waals surface area contributed by atoms with Gasteiger partial charge in [0.1, 0.15) is 48.7 Å². The van der Waals surface area contributed by atoms with Gasteiger partial charge < -0.3 is 39.3 Å². The van der Waals surface area contributed by atoms with E-state index >= 15 is 0 Å². The van der Waals surface area contributed by atoms with E-state index in [1.54, 1.807) is 51.1 Å². The Morgan fingerprint density at radius 3 is 2.25 bits per heavy atom. The van der Waals surface area contributed by atoms with Crippen LogP contribution in [0.3, 0.4) is 0 Å². The van der Waals surface area contributed by atoms with Crippen molar-refractivity contribution < 1.29 is 43.3 Å². The zero-order valence-electron chi connectivity index (χ0n) is 37.3. The highest BCUT2D eigenvalue weighted by molar-refractivity contribution is 5.98. The average Bonchev–Trinajstić information content (AvgIpc) is 3.89. The van der Waals surface area contributed by atoms with Gasteiger partial charge in [-0.15, -0.1) is 0 Å². The lowest BCUT2D eigenvalue weighted by Crippen LogP contribution is -2.59. The highest BCUT2D eigenvalue weighted by atomic mass is 16.5. The van der Waals surface area contributed by atoms with Crippen LogP contribution in [0.25, 0.3) is 0 Å². The molecule has 10 atom stereocenters. The molecule has 0 radical (unpaired) electrons. The van der Waals surface area contributed by atoms with Crippen LogP contribution in [-0.2, 0) is 39.9 Å². The normalized spacial score (nSPS) is 31.5. The summed E-state index contributed by atoms with van der Waals surface area (Å²) in [6.07, 6.45) is 3.02. The zero-order chi connectivity index (χ0) is 43.9. The molecule has 14 nitrogen and oxygen atoms in total. The van der Waals surface area contributed by atoms with Crippen LogP contribution in [0.5, 0.6) is 5.75 Å². The molecule has 1 fully saturated rings. The number of aliphatic imine (C=N–C) groups is 1. The fourth-order valence-electron chi connectivity index (χ4n) is 8.11. The van der Waals surface area contributed by atoms with E-state index in [-0.39, 0.29) is 30.8 Å². The molecule has 1 aromatic rings. The standard InChI is InChI=1S/C45H69N5O9/c1-13-27(3)38-43(55)50-20-14-15-35(50)44(56)59-37(45(7,8)9)22-26(2)21-36(51)29(5)40-46-32(25-58-40)23-28(4)39(52)47-34(24-31-16-18-33(57-12)19-17-31)42(54)48(10)30(6)41(53)49(38)11/h16-19,23,26-27,29-30,32,34-38,51H,13-15,20-22,24-25H2,1-12H3,(H,47,52)/b28-23+/t26-,27?,29-,30-,32-,34-,35-,36-,37+,38+/m0/s1. The number of aliphatic hydroxyl groups excluding tert-OH is 1. The minimum atomic E-state index is -1.06. The summed E-state index contributed by atoms with van der Waals surface area (Å²) in [5.74, 6) is -1.98. The number of amides is 4. The summed E-state index contributed by atoms with van der Waals surface area (Å²) in [7, 11) is 4.64. The summed E-state index contributed by atoms with van der Waals surface area (Å²) in [5.41, 5.74) is 0.654. The van der Waals surface area contributed by atoms with Crippen molar-refractivity contribution in [2.75, 3.05) is 34.4 Å². The highest BCUT2D eigenvalue weighted by Gasteiger charge is 2.44. The van der Waals surface area contributed by atoms with Crippen molar-refractivity contribution in [3.8, 4) is 5.75 Å². The second-order valence-electron chi connectivity index (χ2n) is 18.1. The third-order valence-electron chi connectivity index (χ3n) is 12.4. The van der Waals surface area contributed by atoms with Gasteiger partial charge in [-0.2, -0.15) is 0 Å². The molecule has 1 saturated heterocycles. The van der Waals surface area contributed by atoms with E-state index < -0.39 is 77.4 Å². The van der Waals surface area contributed by atoms with Gasteiger partial charge in [0, 0.05) is 32.6 Å². The number of cyclic esters (lactones) is 1. The number of nitrogens with zero attached hydrogens (tertiary/aromatic N) is 4. The summed E-state index contributed by atoms with van der Waals surface area (Å²) in [6.45, 7) is 17.5. The average molecular weight is 824 g/mol. The summed E-state index contributed by atoms with van der Waals surface area (Å²) in [5, 5.41) is 14.3. The molecule has 1 aromatic carbocycles. The summed E-state index contributed by atoms with van der Waals surface area (Å²) in [4.78, 5) is 80.1.